The van der Waals surface area contributed by atoms with Crippen LogP contribution in [0.1, 0.15) is 18.3 Å². The average Bonchev–Trinajstić information content (AvgIpc) is 2.47. The summed E-state index contributed by atoms with van der Waals surface area (Å²) in [5.74, 6) is 1.33. The lowest BCUT2D eigenvalue weighted by Gasteiger charge is -2.12. The number of nitrogens with zero attached hydrogens (tertiary/aromatic N) is 2. The van der Waals surface area contributed by atoms with Gasteiger partial charge in [-0.05, 0) is 25.1 Å². The maximum absolute atomic E-state index is 13.8. The van der Waals surface area contributed by atoms with Crippen molar-refractivity contribution in [3.63, 3.8) is 0 Å². The van der Waals surface area contributed by atoms with Crippen LogP contribution in [0.2, 0.25) is 0 Å². The Morgan fingerprint density at radius 3 is 2.60 bits per heavy atom. The Kier molecular flexibility index (Phi) is 4.17. The molecule has 0 spiro atoms. The van der Waals surface area contributed by atoms with Gasteiger partial charge in [0.1, 0.15) is 11.6 Å². The molecule has 0 saturated heterocycles. The molecule has 0 fully saturated rings. The van der Waals surface area contributed by atoms with E-state index >= 15 is 0 Å². The zero-order valence-electron chi connectivity index (χ0n) is 12.1. The van der Waals surface area contributed by atoms with Crippen molar-refractivity contribution in [3.8, 4) is 17.0 Å². The number of aromatic nitrogens is 2. The topological polar surface area (TPSA) is 47.0 Å². The molecule has 0 aliphatic carbocycles. The quantitative estimate of drug-likeness (QED) is 0.930. The molecule has 2 aromatic rings. The molecular weight excluding hydrogens is 257 g/mol. The van der Waals surface area contributed by atoms with Gasteiger partial charge in [0.25, 0.3) is 0 Å². The van der Waals surface area contributed by atoms with Crippen LogP contribution in [0.4, 0.5) is 10.2 Å². The highest BCUT2D eigenvalue weighted by molar-refractivity contribution is 5.68. The molecule has 5 heteroatoms. The highest BCUT2D eigenvalue weighted by Crippen LogP contribution is 2.29. The summed E-state index contributed by atoms with van der Waals surface area (Å²) < 4.78 is 18.8. The van der Waals surface area contributed by atoms with Crippen molar-refractivity contribution in [1.82, 2.24) is 9.97 Å². The largest absolute Gasteiger partial charge is 0.494 e. The van der Waals surface area contributed by atoms with Crippen molar-refractivity contribution < 1.29 is 9.13 Å². The van der Waals surface area contributed by atoms with Gasteiger partial charge in [0.15, 0.2) is 11.6 Å². The Morgan fingerprint density at radius 2 is 2.05 bits per heavy atom. The first-order valence-corrected chi connectivity index (χ1v) is 6.49. The third-order valence-electron chi connectivity index (χ3n) is 3.17. The minimum atomic E-state index is -0.396. The smallest absolute Gasteiger partial charge is 0.165 e. The summed E-state index contributed by atoms with van der Waals surface area (Å²) in [5.41, 5.74) is 2.35. The Morgan fingerprint density at radius 1 is 1.30 bits per heavy atom. The van der Waals surface area contributed by atoms with E-state index in [1.807, 2.05) is 20.9 Å². The van der Waals surface area contributed by atoms with Crippen LogP contribution in [0.25, 0.3) is 11.3 Å². The van der Waals surface area contributed by atoms with Gasteiger partial charge in [-0.25, -0.2) is 14.4 Å². The van der Waals surface area contributed by atoms with E-state index in [-0.39, 0.29) is 5.75 Å². The molecule has 106 valence electrons. The van der Waals surface area contributed by atoms with Crippen molar-refractivity contribution in [3.05, 3.63) is 35.4 Å². The first kappa shape index (κ1) is 14.2. The maximum atomic E-state index is 13.8. The fourth-order valence-corrected chi connectivity index (χ4v) is 2.06. The normalized spacial score (nSPS) is 10.4. The molecule has 0 saturated carbocycles. The molecule has 0 aliphatic heterocycles. The molecule has 1 aromatic carbocycles. The number of anilines is 1. The van der Waals surface area contributed by atoms with Crippen molar-refractivity contribution in [2.24, 2.45) is 0 Å². The second kappa shape index (κ2) is 5.86. The van der Waals surface area contributed by atoms with E-state index < -0.39 is 5.82 Å². The van der Waals surface area contributed by atoms with Crippen LogP contribution < -0.4 is 10.1 Å². The zero-order valence-corrected chi connectivity index (χ0v) is 12.1. The van der Waals surface area contributed by atoms with Crippen LogP contribution in [0, 0.1) is 12.7 Å². The fourth-order valence-electron chi connectivity index (χ4n) is 2.06. The minimum absolute atomic E-state index is 0.227. The van der Waals surface area contributed by atoms with Gasteiger partial charge < -0.3 is 10.1 Å². The summed E-state index contributed by atoms with van der Waals surface area (Å²) in [6, 6.07) is 4.85. The lowest BCUT2D eigenvalue weighted by Crippen LogP contribution is -2.04. The van der Waals surface area contributed by atoms with E-state index in [4.69, 9.17) is 4.74 Å². The number of ether oxygens (including phenoxy) is 1. The molecule has 0 atom stereocenters. The van der Waals surface area contributed by atoms with Gasteiger partial charge in [-0.15, -0.1) is 0 Å². The molecule has 4 nitrogen and oxygen atoms in total. The van der Waals surface area contributed by atoms with Crippen LogP contribution in [0.5, 0.6) is 5.75 Å². The lowest BCUT2D eigenvalue weighted by molar-refractivity contribution is 0.386. The van der Waals surface area contributed by atoms with Gasteiger partial charge >= 0.3 is 0 Å². The monoisotopic (exact) mass is 275 g/mol. The summed E-state index contributed by atoms with van der Waals surface area (Å²) in [6.45, 7) is 3.91. The van der Waals surface area contributed by atoms with Crippen molar-refractivity contribution in [2.75, 3.05) is 19.5 Å². The first-order chi connectivity index (χ1) is 9.60. The van der Waals surface area contributed by atoms with Gasteiger partial charge in [0, 0.05) is 24.6 Å². The number of benzene rings is 1. The Bertz CT molecular complexity index is 629. The van der Waals surface area contributed by atoms with Crippen LogP contribution >= 0.6 is 0 Å². The second-order valence-electron chi connectivity index (χ2n) is 4.41. The highest BCUT2D eigenvalue weighted by atomic mass is 19.1. The molecule has 0 bridgehead atoms. The molecule has 1 N–H and O–H groups in total. The van der Waals surface area contributed by atoms with E-state index in [2.05, 4.69) is 15.3 Å². The van der Waals surface area contributed by atoms with Crippen molar-refractivity contribution in [1.29, 1.82) is 0 Å². The third kappa shape index (κ3) is 2.57. The summed E-state index contributed by atoms with van der Waals surface area (Å²) in [6.07, 6.45) is 0.723. The number of hydrogen-bond acceptors (Lipinski definition) is 4. The van der Waals surface area contributed by atoms with E-state index in [1.54, 1.807) is 12.1 Å². The third-order valence-corrected chi connectivity index (χ3v) is 3.17. The number of methoxy groups -OCH3 is 1. The summed E-state index contributed by atoms with van der Waals surface area (Å²) in [7, 11) is 3.26. The molecule has 0 aliphatic rings. The van der Waals surface area contributed by atoms with Gasteiger partial charge in [-0.1, -0.05) is 6.92 Å². The summed E-state index contributed by atoms with van der Waals surface area (Å²) in [5, 5.41) is 3.05. The first-order valence-electron chi connectivity index (χ1n) is 6.49. The average molecular weight is 275 g/mol. The number of rotatable bonds is 4. The zero-order chi connectivity index (χ0) is 14.7. The molecule has 0 radical (unpaired) electrons. The molecule has 0 unspecified atom stereocenters. The molecule has 20 heavy (non-hydrogen) atoms. The predicted molar refractivity (Wildman–Crippen MR) is 77.6 cm³/mol. The van der Waals surface area contributed by atoms with Gasteiger partial charge in [-0.2, -0.15) is 0 Å². The molecule has 1 aromatic heterocycles. The van der Waals surface area contributed by atoms with Crippen LogP contribution in [-0.4, -0.2) is 24.1 Å². The molecule has 1 heterocycles. The van der Waals surface area contributed by atoms with Crippen molar-refractivity contribution >= 4 is 5.82 Å². The number of aryl methyl sites for hydroxylation is 1. The molecule has 0 amide bonds. The van der Waals surface area contributed by atoms with Crippen LogP contribution in [0.15, 0.2) is 18.2 Å². The fraction of sp³-hybridized carbons (Fsp3) is 0.333. The minimum Gasteiger partial charge on any atom is -0.494 e. The van der Waals surface area contributed by atoms with Crippen LogP contribution in [0.3, 0.4) is 0 Å². The number of halogens is 1. The van der Waals surface area contributed by atoms with E-state index in [1.165, 1.54) is 13.2 Å². The highest BCUT2D eigenvalue weighted by Gasteiger charge is 2.13. The van der Waals surface area contributed by atoms with E-state index in [9.17, 15) is 4.39 Å². The van der Waals surface area contributed by atoms with Gasteiger partial charge in [0.05, 0.1) is 12.8 Å². The lowest BCUT2D eigenvalue weighted by atomic mass is 10.1. The Hall–Kier alpha value is -2.17. The summed E-state index contributed by atoms with van der Waals surface area (Å²) >= 11 is 0. The molecule has 2 rings (SSSR count). The van der Waals surface area contributed by atoms with Gasteiger partial charge in [0.2, 0.25) is 0 Å². The van der Waals surface area contributed by atoms with E-state index in [0.29, 0.717) is 0 Å². The predicted octanol–water partition coefficient (Wildman–Crippen LogP) is 3.20. The Balaban J connectivity index is 2.59. The Labute approximate surface area is 118 Å². The van der Waals surface area contributed by atoms with Crippen LogP contribution in [-0.2, 0) is 6.42 Å². The van der Waals surface area contributed by atoms with E-state index in [0.717, 1.165) is 34.9 Å². The second-order valence-corrected chi connectivity index (χ2v) is 4.41. The standard InChI is InChI=1S/C15H18FN3O/c1-5-13-18-14(9(2)15(17-3)19-13)10-6-7-12(20-4)11(16)8-10/h6-8H,5H2,1-4H3,(H,17,18,19). The maximum Gasteiger partial charge on any atom is 0.165 e. The summed E-state index contributed by atoms with van der Waals surface area (Å²) in [4.78, 5) is 8.92. The number of nitrogens with one attached hydrogen (secondary N) is 1. The van der Waals surface area contributed by atoms with Crippen molar-refractivity contribution in [2.45, 2.75) is 20.3 Å². The molecular formula is C15H18FN3O. The number of hydrogen-bond donors (Lipinski definition) is 1. The SMILES string of the molecule is CCc1nc(NC)c(C)c(-c2ccc(OC)c(F)c2)n1. The van der Waals surface area contributed by atoms with Gasteiger partial charge in [-0.3, -0.25) is 0 Å².